The Morgan fingerprint density at radius 1 is 1.10 bits per heavy atom. The molecule has 0 bridgehead atoms. The fraction of sp³-hybridized carbons (Fsp3) is 0.647. The van der Waals surface area contributed by atoms with Gasteiger partial charge in [-0.1, -0.05) is 77.3 Å². The SMILES string of the molecule is CCCCCC(CC(C)(C)C)(O[PH+]=O)c1ccccc1. The van der Waals surface area contributed by atoms with Crippen molar-refractivity contribution in [2.45, 2.75) is 65.4 Å². The van der Waals surface area contributed by atoms with E-state index < -0.39 is 14.3 Å². The van der Waals surface area contributed by atoms with Gasteiger partial charge in [-0.25, -0.2) is 0 Å². The van der Waals surface area contributed by atoms with E-state index in [1.807, 2.05) is 18.2 Å². The van der Waals surface area contributed by atoms with Gasteiger partial charge in [-0.05, 0) is 28.4 Å². The summed E-state index contributed by atoms with van der Waals surface area (Å²) in [6, 6.07) is 10.3. The minimum Gasteiger partial charge on any atom is -0.136 e. The van der Waals surface area contributed by atoms with Gasteiger partial charge in [0.05, 0.1) is 0 Å². The summed E-state index contributed by atoms with van der Waals surface area (Å²) >= 11 is 0. The van der Waals surface area contributed by atoms with Crippen LogP contribution in [0.5, 0.6) is 0 Å². The molecule has 2 nitrogen and oxygen atoms in total. The molecule has 0 saturated carbocycles. The highest BCUT2D eigenvalue weighted by molar-refractivity contribution is 7.17. The van der Waals surface area contributed by atoms with E-state index >= 15 is 0 Å². The molecule has 0 aliphatic rings. The molecule has 0 fully saturated rings. The second-order valence-electron chi connectivity index (χ2n) is 6.74. The maximum absolute atomic E-state index is 11.2. The molecule has 0 spiro atoms. The van der Waals surface area contributed by atoms with Gasteiger partial charge in [0.1, 0.15) is 5.60 Å². The van der Waals surface area contributed by atoms with Crippen molar-refractivity contribution in [3.63, 3.8) is 0 Å². The van der Waals surface area contributed by atoms with Crippen LogP contribution in [0.3, 0.4) is 0 Å². The van der Waals surface area contributed by atoms with Gasteiger partial charge in [-0.3, -0.25) is 0 Å². The average Bonchev–Trinajstić information content (AvgIpc) is 2.38. The zero-order valence-corrected chi connectivity index (χ0v) is 14.2. The summed E-state index contributed by atoms with van der Waals surface area (Å²) in [4.78, 5) is 0. The summed E-state index contributed by atoms with van der Waals surface area (Å²) in [7, 11) is -0.718. The van der Waals surface area contributed by atoms with Crippen molar-refractivity contribution < 1.29 is 9.09 Å². The van der Waals surface area contributed by atoms with Gasteiger partial charge in [-0.15, -0.1) is 4.52 Å². The lowest BCUT2D eigenvalue weighted by Crippen LogP contribution is -2.32. The standard InChI is InChI=1S/C17H28O2P/c1-5-6-10-13-17(19-20-18,14-16(2,3)4)15-11-8-7-9-12-15/h7-9,11-12,20H,5-6,10,13-14H2,1-4H3/q+1. The normalized spacial score (nSPS) is 15.2. The Morgan fingerprint density at radius 3 is 2.25 bits per heavy atom. The Morgan fingerprint density at radius 2 is 1.75 bits per heavy atom. The van der Waals surface area contributed by atoms with Crippen LogP contribution in [0.25, 0.3) is 0 Å². The Hall–Kier alpha value is -0.720. The predicted molar refractivity (Wildman–Crippen MR) is 86.4 cm³/mol. The molecule has 0 N–H and O–H groups in total. The Labute approximate surface area is 125 Å². The van der Waals surface area contributed by atoms with E-state index in [9.17, 15) is 4.57 Å². The second kappa shape index (κ2) is 7.90. The highest BCUT2D eigenvalue weighted by atomic mass is 31.1. The molecule has 0 aromatic heterocycles. The van der Waals surface area contributed by atoms with Crippen LogP contribution >= 0.6 is 8.69 Å². The van der Waals surface area contributed by atoms with E-state index in [2.05, 4.69) is 39.8 Å². The molecule has 0 heterocycles. The second-order valence-corrected chi connectivity index (χ2v) is 7.11. The molecule has 2 atom stereocenters. The summed E-state index contributed by atoms with van der Waals surface area (Å²) in [5.41, 5.74) is 0.853. The third-order valence-corrected chi connectivity index (χ3v) is 4.01. The minimum absolute atomic E-state index is 0.127. The van der Waals surface area contributed by atoms with E-state index in [1.54, 1.807) is 0 Å². The lowest BCUT2D eigenvalue weighted by molar-refractivity contribution is 0.0246. The largest absolute Gasteiger partial charge is 0.495 e. The minimum atomic E-state index is -0.718. The van der Waals surface area contributed by atoms with Gasteiger partial charge in [0.15, 0.2) is 0 Å². The van der Waals surface area contributed by atoms with Crippen molar-refractivity contribution in [1.82, 2.24) is 0 Å². The number of hydrogen-bond donors (Lipinski definition) is 0. The van der Waals surface area contributed by atoms with Gasteiger partial charge in [-0.2, -0.15) is 0 Å². The number of benzene rings is 1. The average molecular weight is 295 g/mol. The number of rotatable bonds is 8. The smallest absolute Gasteiger partial charge is 0.136 e. The van der Waals surface area contributed by atoms with Crippen molar-refractivity contribution in [2.75, 3.05) is 0 Å². The maximum atomic E-state index is 11.2. The third-order valence-electron chi connectivity index (χ3n) is 3.54. The fourth-order valence-electron chi connectivity index (χ4n) is 2.82. The molecule has 1 aromatic carbocycles. The molecule has 0 aliphatic carbocycles. The molecule has 112 valence electrons. The first-order valence-corrected chi connectivity index (χ1v) is 8.36. The molecule has 1 aromatic rings. The van der Waals surface area contributed by atoms with Crippen molar-refractivity contribution in [3.8, 4) is 0 Å². The molecular formula is C17H28O2P+. The lowest BCUT2D eigenvalue weighted by Gasteiger charge is -2.34. The van der Waals surface area contributed by atoms with Crippen LogP contribution in [0, 0.1) is 5.41 Å². The Balaban J connectivity index is 3.08. The van der Waals surface area contributed by atoms with Crippen molar-refractivity contribution in [1.29, 1.82) is 0 Å². The monoisotopic (exact) mass is 295 g/mol. The quantitative estimate of drug-likeness (QED) is 0.444. The predicted octanol–water partition coefficient (Wildman–Crippen LogP) is 5.85. The summed E-state index contributed by atoms with van der Waals surface area (Å²) in [5.74, 6) is 0. The van der Waals surface area contributed by atoms with E-state index in [0.29, 0.717) is 0 Å². The van der Waals surface area contributed by atoms with Crippen molar-refractivity contribution in [2.24, 2.45) is 5.41 Å². The molecule has 0 radical (unpaired) electrons. The van der Waals surface area contributed by atoms with Gasteiger partial charge >= 0.3 is 8.69 Å². The summed E-state index contributed by atoms with van der Waals surface area (Å²) in [6.07, 6.45) is 5.27. The molecule has 3 heteroatoms. The topological polar surface area (TPSA) is 26.3 Å². The summed E-state index contributed by atoms with van der Waals surface area (Å²) in [5, 5.41) is 0. The Bertz CT molecular complexity index is 397. The van der Waals surface area contributed by atoms with Crippen molar-refractivity contribution in [3.05, 3.63) is 35.9 Å². The molecule has 20 heavy (non-hydrogen) atoms. The molecule has 0 aliphatic heterocycles. The molecular weight excluding hydrogens is 267 g/mol. The van der Waals surface area contributed by atoms with Crippen LogP contribution < -0.4 is 0 Å². The molecule has 2 unspecified atom stereocenters. The molecule has 1 rings (SSSR count). The Kier molecular flexibility index (Phi) is 6.85. The first kappa shape index (κ1) is 17.3. The highest BCUT2D eigenvalue weighted by Crippen LogP contribution is 2.43. The van der Waals surface area contributed by atoms with E-state index in [0.717, 1.165) is 24.8 Å². The molecule has 0 amide bonds. The van der Waals surface area contributed by atoms with Crippen LogP contribution in [0.15, 0.2) is 30.3 Å². The van der Waals surface area contributed by atoms with E-state index in [4.69, 9.17) is 4.52 Å². The number of hydrogen-bond acceptors (Lipinski definition) is 2. The summed E-state index contributed by atoms with van der Waals surface area (Å²) < 4.78 is 17.1. The fourth-order valence-corrected chi connectivity index (χ4v) is 3.27. The first-order valence-electron chi connectivity index (χ1n) is 7.54. The molecule has 0 saturated heterocycles. The highest BCUT2D eigenvalue weighted by Gasteiger charge is 2.40. The summed E-state index contributed by atoms with van der Waals surface area (Å²) in [6.45, 7) is 8.83. The van der Waals surface area contributed by atoms with Gasteiger partial charge in [0.25, 0.3) is 0 Å². The van der Waals surface area contributed by atoms with Crippen molar-refractivity contribution >= 4 is 8.69 Å². The van der Waals surface area contributed by atoms with Crippen LogP contribution in [-0.2, 0) is 14.7 Å². The van der Waals surface area contributed by atoms with Gasteiger partial charge in [0, 0.05) is 0 Å². The van der Waals surface area contributed by atoms with Gasteiger partial charge in [0.2, 0.25) is 0 Å². The van der Waals surface area contributed by atoms with E-state index in [-0.39, 0.29) is 5.41 Å². The first-order chi connectivity index (χ1) is 9.43. The zero-order valence-electron chi connectivity index (χ0n) is 13.2. The van der Waals surface area contributed by atoms with Crippen LogP contribution in [-0.4, -0.2) is 0 Å². The van der Waals surface area contributed by atoms with Gasteiger partial charge < -0.3 is 0 Å². The van der Waals surface area contributed by atoms with Crippen LogP contribution in [0.4, 0.5) is 0 Å². The zero-order chi connectivity index (χ0) is 15.1. The maximum Gasteiger partial charge on any atom is 0.495 e. The van der Waals surface area contributed by atoms with E-state index in [1.165, 1.54) is 12.8 Å². The van der Waals surface area contributed by atoms with Crippen LogP contribution in [0.1, 0.15) is 65.4 Å². The number of unbranched alkanes of at least 4 members (excludes halogenated alkanes) is 2. The lowest BCUT2D eigenvalue weighted by atomic mass is 9.75. The third kappa shape index (κ3) is 5.34. The van der Waals surface area contributed by atoms with Crippen LogP contribution in [0.2, 0.25) is 0 Å².